The van der Waals surface area contributed by atoms with Crippen LogP contribution in [0.5, 0.6) is 0 Å². The van der Waals surface area contributed by atoms with E-state index in [1.807, 2.05) is 24.3 Å². The highest BCUT2D eigenvalue weighted by Crippen LogP contribution is 2.20. The molecule has 5 nitrogen and oxygen atoms in total. The first kappa shape index (κ1) is 20.2. The fraction of sp³-hybridized carbons (Fsp3) is 0.435. The van der Waals surface area contributed by atoms with Crippen molar-refractivity contribution in [2.75, 3.05) is 50.7 Å². The number of anilines is 1. The molecule has 0 spiro atoms. The van der Waals surface area contributed by atoms with Crippen LogP contribution in [0.15, 0.2) is 54.6 Å². The molecule has 0 saturated carbocycles. The minimum Gasteiger partial charge on any atom is -0.369 e. The average molecular weight is 413 g/mol. The van der Waals surface area contributed by atoms with Gasteiger partial charge in [0, 0.05) is 62.6 Å². The van der Waals surface area contributed by atoms with E-state index in [0.29, 0.717) is 6.54 Å². The van der Waals surface area contributed by atoms with Crippen molar-refractivity contribution in [1.29, 1.82) is 0 Å². The van der Waals surface area contributed by atoms with E-state index in [1.54, 1.807) is 0 Å². The van der Waals surface area contributed by atoms with E-state index in [-0.39, 0.29) is 11.9 Å². The van der Waals surface area contributed by atoms with Gasteiger partial charge < -0.3 is 10.2 Å². The SMILES string of the molecule is O=C(CN1CCN(c2cccc(Cl)c2)CC1)N[C@@H]1CCN(Cc2ccccc2)C1. The molecule has 2 aromatic carbocycles. The molecule has 6 heteroatoms. The van der Waals surface area contributed by atoms with Crippen molar-refractivity contribution in [3.05, 3.63) is 65.2 Å². The van der Waals surface area contributed by atoms with Crippen molar-refractivity contribution < 1.29 is 4.79 Å². The van der Waals surface area contributed by atoms with Crippen LogP contribution in [0, 0.1) is 0 Å². The number of amides is 1. The summed E-state index contributed by atoms with van der Waals surface area (Å²) in [7, 11) is 0. The Bertz CT molecular complexity index is 808. The lowest BCUT2D eigenvalue weighted by Crippen LogP contribution is -2.50. The van der Waals surface area contributed by atoms with Crippen LogP contribution in [-0.4, -0.2) is 67.6 Å². The van der Waals surface area contributed by atoms with E-state index >= 15 is 0 Å². The Hall–Kier alpha value is -2.08. The Labute approximate surface area is 178 Å². The maximum Gasteiger partial charge on any atom is 0.234 e. The van der Waals surface area contributed by atoms with E-state index in [4.69, 9.17) is 11.6 Å². The second-order valence-corrected chi connectivity index (χ2v) is 8.45. The molecule has 1 amide bonds. The summed E-state index contributed by atoms with van der Waals surface area (Å²) in [5, 5.41) is 4.00. The first-order valence-electron chi connectivity index (χ1n) is 10.4. The molecule has 1 N–H and O–H groups in total. The number of rotatable bonds is 6. The smallest absolute Gasteiger partial charge is 0.234 e. The first-order chi connectivity index (χ1) is 14.2. The molecule has 1 atom stereocenters. The Morgan fingerprint density at radius 2 is 1.76 bits per heavy atom. The lowest BCUT2D eigenvalue weighted by Gasteiger charge is -2.36. The van der Waals surface area contributed by atoms with Crippen LogP contribution in [0.3, 0.4) is 0 Å². The summed E-state index contributed by atoms with van der Waals surface area (Å²) in [6, 6.07) is 18.8. The number of hydrogen-bond acceptors (Lipinski definition) is 4. The number of hydrogen-bond donors (Lipinski definition) is 1. The van der Waals surface area contributed by atoms with Gasteiger partial charge in [0.05, 0.1) is 6.54 Å². The predicted octanol–water partition coefficient (Wildman–Crippen LogP) is 2.85. The third kappa shape index (κ3) is 5.72. The van der Waals surface area contributed by atoms with Gasteiger partial charge in [0.25, 0.3) is 0 Å². The number of nitrogens with one attached hydrogen (secondary N) is 1. The van der Waals surface area contributed by atoms with E-state index < -0.39 is 0 Å². The highest BCUT2D eigenvalue weighted by molar-refractivity contribution is 6.30. The minimum absolute atomic E-state index is 0.146. The molecule has 2 aliphatic heterocycles. The van der Waals surface area contributed by atoms with E-state index in [1.165, 1.54) is 5.56 Å². The predicted molar refractivity (Wildman–Crippen MR) is 118 cm³/mol. The highest BCUT2D eigenvalue weighted by atomic mass is 35.5. The van der Waals surface area contributed by atoms with Gasteiger partial charge in [0.15, 0.2) is 0 Å². The maximum atomic E-state index is 12.5. The number of benzene rings is 2. The van der Waals surface area contributed by atoms with Gasteiger partial charge in [-0.05, 0) is 30.2 Å². The zero-order chi connectivity index (χ0) is 20.1. The maximum absolute atomic E-state index is 12.5. The van der Waals surface area contributed by atoms with Crippen molar-refractivity contribution in [3.8, 4) is 0 Å². The molecule has 2 fully saturated rings. The molecule has 2 heterocycles. The van der Waals surface area contributed by atoms with Crippen LogP contribution in [0.2, 0.25) is 5.02 Å². The lowest BCUT2D eigenvalue weighted by molar-refractivity contribution is -0.122. The van der Waals surface area contributed by atoms with Gasteiger partial charge in [-0.15, -0.1) is 0 Å². The Morgan fingerprint density at radius 3 is 2.52 bits per heavy atom. The van der Waals surface area contributed by atoms with Gasteiger partial charge >= 0.3 is 0 Å². The van der Waals surface area contributed by atoms with Gasteiger partial charge in [-0.25, -0.2) is 0 Å². The molecule has 0 aromatic heterocycles. The normalized spacial score (nSPS) is 20.7. The monoisotopic (exact) mass is 412 g/mol. The fourth-order valence-electron chi connectivity index (χ4n) is 4.25. The van der Waals surface area contributed by atoms with Crippen molar-refractivity contribution in [3.63, 3.8) is 0 Å². The molecule has 2 saturated heterocycles. The van der Waals surface area contributed by atoms with Gasteiger partial charge in [-0.3, -0.25) is 14.6 Å². The Balaban J connectivity index is 1.18. The quantitative estimate of drug-likeness (QED) is 0.791. The molecule has 0 bridgehead atoms. The largest absolute Gasteiger partial charge is 0.369 e. The summed E-state index contributed by atoms with van der Waals surface area (Å²) in [4.78, 5) is 19.5. The molecular formula is C23H29ClN4O. The minimum atomic E-state index is 0.146. The second-order valence-electron chi connectivity index (χ2n) is 8.02. The molecule has 154 valence electrons. The van der Waals surface area contributed by atoms with Crippen LogP contribution < -0.4 is 10.2 Å². The summed E-state index contributed by atoms with van der Waals surface area (Å²) >= 11 is 6.10. The molecule has 2 aromatic rings. The fourth-order valence-corrected chi connectivity index (χ4v) is 4.43. The van der Waals surface area contributed by atoms with Gasteiger partial charge in [-0.2, -0.15) is 0 Å². The molecule has 29 heavy (non-hydrogen) atoms. The summed E-state index contributed by atoms with van der Waals surface area (Å²) < 4.78 is 0. The first-order valence-corrected chi connectivity index (χ1v) is 10.8. The number of nitrogens with zero attached hydrogens (tertiary/aromatic N) is 3. The zero-order valence-electron chi connectivity index (χ0n) is 16.8. The number of carbonyl (C=O) groups is 1. The Morgan fingerprint density at radius 1 is 0.966 bits per heavy atom. The third-order valence-corrected chi connectivity index (χ3v) is 6.03. The summed E-state index contributed by atoms with van der Waals surface area (Å²) in [5.74, 6) is 0.146. The molecule has 4 rings (SSSR count). The molecule has 0 radical (unpaired) electrons. The van der Waals surface area contributed by atoms with E-state index in [9.17, 15) is 4.79 Å². The molecule has 0 unspecified atom stereocenters. The second kappa shape index (κ2) is 9.61. The number of piperazine rings is 1. The number of likely N-dealkylation sites (tertiary alicyclic amines) is 1. The van der Waals surface area contributed by atoms with Crippen LogP contribution in [0.25, 0.3) is 0 Å². The Kier molecular flexibility index (Phi) is 6.70. The van der Waals surface area contributed by atoms with E-state index in [2.05, 4.69) is 50.3 Å². The molecular weight excluding hydrogens is 384 g/mol. The van der Waals surface area contributed by atoms with Crippen LogP contribution in [-0.2, 0) is 11.3 Å². The summed E-state index contributed by atoms with van der Waals surface area (Å²) in [6.07, 6.45) is 1.03. The van der Waals surface area contributed by atoms with Crippen molar-refractivity contribution in [1.82, 2.24) is 15.1 Å². The van der Waals surface area contributed by atoms with Crippen molar-refractivity contribution in [2.24, 2.45) is 0 Å². The van der Waals surface area contributed by atoms with Crippen molar-refractivity contribution in [2.45, 2.75) is 19.0 Å². The summed E-state index contributed by atoms with van der Waals surface area (Å²) in [6.45, 7) is 7.04. The van der Waals surface area contributed by atoms with Gasteiger partial charge in [0.1, 0.15) is 0 Å². The van der Waals surface area contributed by atoms with Gasteiger partial charge in [0.2, 0.25) is 5.91 Å². The zero-order valence-corrected chi connectivity index (χ0v) is 17.5. The highest BCUT2D eigenvalue weighted by Gasteiger charge is 2.25. The lowest BCUT2D eigenvalue weighted by atomic mass is 10.2. The molecule has 2 aliphatic rings. The van der Waals surface area contributed by atoms with Crippen LogP contribution in [0.4, 0.5) is 5.69 Å². The number of carbonyl (C=O) groups excluding carboxylic acids is 1. The van der Waals surface area contributed by atoms with E-state index in [0.717, 1.165) is 62.9 Å². The average Bonchev–Trinajstić information content (AvgIpc) is 3.16. The summed E-state index contributed by atoms with van der Waals surface area (Å²) in [5.41, 5.74) is 2.49. The van der Waals surface area contributed by atoms with Crippen LogP contribution >= 0.6 is 11.6 Å². The van der Waals surface area contributed by atoms with Gasteiger partial charge in [-0.1, -0.05) is 48.0 Å². The number of halogens is 1. The molecule has 0 aliphatic carbocycles. The van der Waals surface area contributed by atoms with Crippen molar-refractivity contribution >= 4 is 23.2 Å². The standard InChI is InChI=1S/C23H29ClN4O/c24-20-7-4-8-22(15-20)28-13-11-26(12-14-28)18-23(29)25-21-9-10-27(17-21)16-19-5-2-1-3-6-19/h1-8,15,21H,9-14,16-18H2,(H,25,29)/t21-/m1/s1. The topological polar surface area (TPSA) is 38.8 Å². The van der Waals surface area contributed by atoms with Crippen LogP contribution in [0.1, 0.15) is 12.0 Å². The third-order valence-electron chi connectivity index (χ3n) is 5.80.